The fourth-order valence-corrected chi connectivity index (χ4v) is 4.30. The average Bonchev–Trinajstić information content (AvgIpc) is 3.30. The maximum atomic E-state index is 13.1. The Morgan fingerprint density at radius 2 is 1.90 bits per heavy atom. The maximum Gasteiger partial charge on any atom is 0.325 e. The lowest BCUT2D eigenvalue weighted by atomic mass is 9.78. The summed E-state index contributed by atoms with van der Waals surface area (Å²) in [5.41, 5.74) is 2.14. The molecule has 0 aromatic heterocycles. The molecule has 2 N–H and O–H groups in total. The molecule has 1 fully saturated rings. The molecule has 2 aliphatic heterocycles. The summed E-state index contributed by atoms with van der Waals surface area (Å²) in [6.45, 7) is 0.139. The second-order valence-corrected chi connectivity index (χ2v) is 7.81. The Kier molecular flexibility index (Phi) is 4.34. The summed E-state index contributed by atoms with van der Waals surface area (Å²) in [6.07, 6.45) is 1.69. The first-order valence-corrected chi connectivity index (χ1v) is 9.90. The van der Waals surface area contributed by atoms with Crippen LogP contribution in [0.2, 0.25) is 0 Å². The predicted octanol–water partition coefficient (Wildman–Crippen LogP) is 1.51. The van der Waals surface area contributed by atoms with Crippen LogP contribution in [0.1, 0.15) is 23.1 Å². The second-order valence-electron chi connectivity index (χ2n) is 7.81. The van der Waals surface area contributed by atoms with E-state index in [9.17, 15) is 14.4 Å². The number of ether oxygens (including phenoxy) is 2. The Balaban J connectivity index is 1.22. The molecule has 1 aliphatic carbocycles. The summed E-state index contributed by atoms with van der Waals surface area (Å²) in [4.78, 5) is 39.0. The van der Waals surface area contributed by atoms with Crippen LogP contribution >= 0.6 is 0 Å². The Hall–Kier alpha value is -3.55. The van der Waals surface area contributed by atoms with Gasteiger partial charge >= 0.3 is 6.03 Å². The molecule has 5 rings (SSSR count). The van der Waals surface area contributed by atoms with Crippen LogP contribution in [0, 0.1) is 0 Å². The Morgan fingerprint density at radius 1 is 1.10 bits per heavy atom. The van der Waals surface area contributed by atoms with E-state index in [1.807, 2.05) is 30.3 Å². The van der Waals surface area contributed by atoms with Crippen molar-refractivity contribution in [2.45, 2.75) is 31.3 Å². The molecule has 8 heteroatoms. The standard InChI is InChI=1S/C22H21N3O5/c26-19(23-11-14-5-6-17-18(9-14)30-13-29-17)12-25-20(27)22(24-21(25)28)8-7-15-3-1-2-4-16(15)10-22/h1-6,9H,7-8,10-13H2,(H,23,26)(H,24,28)/t22-/m0/s1. The van der Waals surface area contributed by atoms with Gasteiger partial charge in [-0.05, 0) is 41.7 Å². The van der Waals surface area contributed by atoms with Gasteiger partial charge in [-0.25, -0.2) is 4.79 Å². The number of carbonyl (C=O) groups is 3. The van der Waals surface area contributed by atoms with Crippen LogP contribution in [0.3, 0.4) is 0 Å². The first-order chi connectivity index (χ1) is 14.5. The van der Waals surface area contributed by atoms with E-state index in [1.54, 1.807) is 12.1 Å². The Morgan fingerprint density at radius 3 is 2.77 bits per heavy atom. The maximum absolute atomic E-state index is 13.1. The van der Waals surface area contributed by atoms with Crippen molar-refractivity contribution in [1.82, 2.24) is 15.5 Å². The lowest BCUT2D eigenvalue weighted by Crippen LogP contribution is -2.51. The number of rotatable bonds is 4. The van der Waals surface area contributed by atoms with Gasteiger partial charge in [-0.1, -0.05) is 30.3 Å². The van der Waals surface area contributed by atoms with Crippen molar-refractivity contribution < 1.29 is 23.9 Å². The average molecular weight is 407 g/mol. The molecule has 1 saturated heterocycles. The predicted molar refractivity (Wildman–Crippen MR) is 106 cm³/mol. The molecule has 30 heavy (non-hydrogen) atoms. The largest absolute Gasteiger partial charge is 0.454 e. The number of hydrogen-bond acceptors (Lipinski definition) is 5. The summed E-state index contributed by atoms with van der Waals surface area (Å²) in [6, 6.07) is 12.8. The number of imide groups is 1. The summed E-state index contributed by atoms with van der Waals surface area (Å²) >= 11 is 0. The van der Waals surface area contributed by atoms with Crippen LogP contribution in [-0.4, -0.2) is 41.6 Å². The van der Waals surface area contributed by atoms with Crippen molar-refractivity contribution in [1.29, 1.82) is 0 Å². The van der Waals surface area contributed by atoms with Gasteiger partial charge in [0, 0.05) is 13.0 Å². The van der Waals surface area contributed by atoms with E-state index in [1.165, 1.54) is 5.56 Å². The molecule has 0 bridgehead atoms. The highest BCUT2D eigenvalue weighted by Crippen LogP contribution is 2.34. The molecule has 2 aromatic carbocycles. The van der Waals surface area contributed by atoms with E-state index < -0.39 is 17.5 Å². The van der Waals surface area contributed by atoms with E-state index >= 15 is 0 Å². The molecule has 1 atom stereocenters. The molecule has 0 saturated carbocycles. The van der Waals surface area contributed by atoms with Gasteiger partial charge in [0.25, 0.3) is 5.91 Å². The van der Waals surface area contributed by atoms with Crippen LogP contribution in [0.25, 0.3) is 0 Å². The van der Waals surface area contributed by atoms with Gasteiger partial charge in [-0.3, -0.25) is 14.5 Å². The molecule has 8 nitrogen and oxygen atoms in total. The SMILES string of the molecule is O=C(CN1C(=O)N[C@]2(CCc3ccccc3C2)C1=O)NCc1ccc2c(c1)OCO2. The van der Waals surface area contributed by atoms with E-state index in [0.29, 0.717) is 30.8 Å². The van der Waals surface area contributed by atoms with Crippen molar-refractivity contribution in [3.63, 3.8) is 0 Å². The van der Waals surface area contributed by atoms with Gasteiger partial charge < -0.3 is 20.1 Å². The third-order valence-corrected chi connectivity index (χ3v) is 5.91. The lowest BCUT2D eigenvalue weighted by Gasteiger charge is -2.32. The van der Waals surface area contributed by atoms with Crippen molar-refractivity contribution in [2.75, 3.05) is 13.3 Å². The van der Waals surface area contributed by atoms with E-state index in [0.717, 1.165) is 16.0 Å². The van der Waals surface area contributed by atoms with Gasteiger partial charge in [0.05, 0.1) is 0 Å². The zero-order valence-electron chi connectivity index (χ0n) is 16.3. The van der Waals surface area contributed by atoms with E-state index in [2.05, 4.69) is 10.6 Å². The van der Waals surface area contributed by atoms with Crippen LogP contribution < -0.4 is 20.1 Å². The molecular weight excluding hydrogens is 386 g/mol. The van der Waals surface area contributed by atoms with Gasteiger partial charge in [0.15, 0.2) is 11.5 Å². The summed E-state index contributed by atoms with van der Waals surface area (Å²) in [7, 11) is 0. The topological polar surface area (TPSA) is 97.0 Å². The smallest absolute Gasteiger partial charge is 0.325 e. The molecule has 2 heterocycles. The van der Waals surface area contributed by atoms with Crippen LogP contribution in [0.15, 0.2) is 42.5 Å². The number of urea groups is 1. The molecule has 4 amide bonds. The first-order valence-electron chi connectivity index (χ1n) is 9.90. The molecule has 3 aliphatic rings. The zero-order chi connectivity index (χ0) is 20.7. The van der Waals surface area contributed by atoms with Gasteiger partial charge in [-0.15, -0.1) is 0 Å². The number of nitrogens with zero attached hydrogens (tertiary/aromatic N) is 1. The summed E-state index contributed by atoms with van der Waals surface area (Å²) < 4.78 is 10.6. The minimum atomic E-state index is -0.955. The minimum absolute atomic E-state index is 0.184. The minimum Gasteiger partial charge on any atom is -0.454 e. The van der Waals surface area contributed by atoms with Crippen LogP contribution in [0.4, 0.5) is 4.79 Å². The molecular formula is C22H21N3O5. The number of nitrogens with one attached hydrogen (secondary N) is 2. The van der Waals surface area contributed by atoms with Crippen molar-refractivity contribution in [3.8, 4) is 11.5 Å². The lowest BCUT2D eigenvalue weighted by molar-refractivity contribution is -0.135. The van der Waals surface area contributed by atoms with Gasteiger partial charge in [-0.2, -0.15) is 0 Å². The molecule has 2 aromatic rings. The zero-order valence-corrected chi connectivity index (χ0v) is 16.3. The van der Waals surface area contributed by atoms with Crippen molar-refractivity contribution in [2.24, 2.45) is 0 Å². The van der Waals surface area contributed by atoms with Gasteiger partial charge in [0.2, 0.25) is 12.7 Å². The number of carbonyl (C=O) groups excluding carboxylic acids is 3. The third kappa shape index (κ3) is 3.14. The Labute approximate surface area is 173 Å². The number of amides is 4. The molecule has 0 radical (unpaired) electrons. The summed E-state index contributed by atoms with van der Waals surface area (Å²) in [5, 5.41) is 5.60. The normalized spacial score (nSPS) is 21.5. The van der Waals surface area contributed by atoms with E-state index in [-0.39, 0.29) is 25.8 Å². The summed E-state index contributed by atoms with van der Waals surface area (Å²) in [5.74, 6) is 0.573. The fourth-order valence-electron chi connectivity index (χ4n) is 4.30. The Bertz CT molecular complexity index is 1050. The van der Waals surface area contributed by atoms with E-state index in [4.69, 9.17) is 9.47 Å². The highest BCUT2D eigenvalue weighted by molar-refractivity contribution is 6.09. The number of benzene rings is 2. The van der Waals surface area contributed by atoms with Crippen LogP contribution in [-0.2, 0) is 29.0 Å². The van der Waals surface area contributed by atoms with Gasteiger partial charge in [0.1, 0.15) is 12.1 Å². The van der Waals surface area contributed by atoms with Crippen molar-refractivity contribution >= 4 is 17.8 Å². The molecule has 0 unspecified atom stereocenters. The number of hydrogen-bond donors (Lipinski definition) is 2. The fraction of sp³-hybridized carbons (Fsp3) is 0.318. The molecule has 1 spiro atoms. The van der Waals surface area contributed by atoms with Crippen molar-refractivity contribution in [3.05, 3.63) is 59.2 Å². The monoisotopic (exact) mass is 407 g/mol. The molecule has 154 valence electrons. The highest BCUT2D eigenvalue weighted by atomic mass is 16.7. The number of fused-ring (bicyclic) bond motifs is 2. The van der Waals surface area contributed by atoms with Crippen LogP contribution in [0.5, 0.6) is 11.5 Å². The first kappa shape index (κ1) is 18.5. The number of aryl methyl sites for hydroxylation is 1. The second kappa shape index (κ2) is 7.05. The quantitative estimate of drug-likeness (QED) is 0.749. The highest BCUT2D eigenvalue weighted by Gasteiger charge is 2.52. The third-order valence-electron chi connectivity index (χ3n) is 5.91.